The number of hydrogen-bond donors (Lipinski definition) is 1. The minimum atomic E-state index is 0.723. The van der Waals surface area contributed by atoms with E-state index in [1.165, 1.54) is 18.4 Å². The van der Waals surface area contributed by atoms with Crippen LogP contribution in [-0.4, -0.2) is 20.6 Å². The van der Waals surface area contributed by atoms with Crippen LogP contribution in [0.3, 0.4) is 0 Å². The van der Waals surface area contributed by atoms with Crippen LogP contribution in [0.1, 0.15) is 24.2 Å². The summed E-state index contributed by atoms with van der Waals surface area (Å²) in [5.74, 6) is 1.11. The molecule has 1 fully saturated rings. The Labute approximate surface area is 101 Å². The fourth-order valence-electron chi connectivity index (χ4n) is 1.86. The van der Waals surface area contributed by atoms with Crippen LogP contribution in [0.2, 0.25) is 0 Å². The molecule has 0 amide bonds. The molecule has 0 radical (unpaired) electrons. The summed E-state index contributed by atoms with van der Waals surface area (Å²) in [4.78, 5) is 8.42. The summed E-state index contributed by atoms with van der Waals surface area (Å²) in [6.45, 7) is 1.73. The van der Waals surface area contributed by atoms with Crippen molar-refractivity contribution in [2.24, 2.45) is 0 Å². The highest BCUT2D eigenvalue weighted by atomic mass is 15.1. The Hall–Kier alpha value is -1.68. The van der Waals surface area contributed by atoms with Gasteiger partial charge in [0.15, 0.2) is 0 Å². The average molecular weight is 228 g/mol. The number of hydrogen-bond acceptors (Lipinski definition) is 3. The van der Waals surface area contributed by atoms with E-state index < -0.39 is 0 Å². The molecule has 0 bridgehead atoms. The van der Waals surface area contributed by atoms with Gasteiger partial charge in [0.2, 0.25) is 0 Å². The SMILES string of the molecule is c1cc(Cn2ccnc2CNC2CC2)ccn1. The van der Waals surface area contributed by atoms with Gasteiger partial charge < -0.3 is 9.88 Å². The van der Waals surface area contributed by atoms with E-state index >= 15 is 0 Å². The van der Waals surface area contributed by atoms with Gasteiger partial charge in [-0.05, 0) is 30.5 Å². The number of nitrogens with one attached hydrogen (secondary N) is 1. The van der Waals surface area contributed by atoms with Crippen molar-refractivity contribution in [2.75, 3.05) is 0 Å². The lowest BCUT2D eigenvalue weighted by Crippen LogP contribution is -2.19. The molecule has 2 heterocycles. The van der Waals surface area contributed by atoms with Crippen LogP contribution in [-0.2, 0) is 13.1 Å². The molecule has 2 aromatic rings. The molecule has 1 N–H and O–H groups in total. The van der Waals surface area contributed by atoms with Crippen molar-refractivity contribution in [3.63, 3.8) is 0 Å². The molecule has 1 saturated carbocycles. The zero-order chi connectivity index (χ0) is 11.5. The van der Waals surface area contributed by atoms with E-state index in [9.17, 15) is 0 Å². The molecule has 88 valence electrons. The third-order valence-electron chi connectivity index (χ3n) is 3.03. The van der Waals surface area contributed by atoms with E-state index in [2.05, 4.69) is 19.9 Å². The number of imidazole rings is 1. The predicted molar refractivity (Wildman–Crippen MR) is 65.4 cm³/mol. The number of pyridine rings is 1. The molecular weight excluding hydrogens is 212 g/mol. The summed E-state index contributed by atoms with van der Waals surface area (Å²) in [6, 6.07) is 4.80. The molecule has 0 spiro atoms. The third-order valence-corrected chi connectivity index (χ3v) is 3.03. The second kappa shape index (κ2) is 4.67. The molecule has 0 atom stereocenters. The summed E-state index contributed by atoms with van der Waals surface area (Å²) >= 11 is 0. The number of nitrogens with zero attached hydrogens (tertiary/aromatic N) is 3. The van der Waals surface area contributed by atoms with E-state index in [1.807, 2.05) is 36.9 Å². The summed E-state index contributed by atoms with van der Waals surface area (Å²) in [5.41, 5.74) is 1.26. The Balaban J connectivity index is 1.67. The summed E-state index contributed by atoms with van der Waals surface area (Å²) in [6.07, 6.45) is 10.2. The molecule has 0 aromatic carbocycles. The molecule has 0 saturated heterocycles. The molecule has 4 heteroatoms. The van der Waals surface area contributed by atoms with Gasteiger partial charge in [-0.3, -0.25) is 4.98 Å². The van der Waals surface area contributed by atoms with E-state index in [4.69, 9.17) is 0 Å². The van der Waals surface area contributed by atoms with E-state index in [0.717, 1.165) is 25.0 Å². The topological polar surface area (TPSA) is 42.7 Å². The molecule has 0 unspecified atom stereocenters. The van der Waals surface area contributed by atoms with Crippen molar-refractivity contribution in [1.29, 1.82) is 0 Å². The van der Waals surface area contributed by atoms with Crippen LogP contribution in [0.25, 0.3) is 0 Å². The molecule has 3 rings (SSSR count). The zero-order valence-electron chi connectivity index (χ0n) is 9.71. The number of aromatic nitrogens is 3. The molecule has 17 heavy (non-hydrogen) atoms. The Bertz CT molecular complexity index is 473. The van der Waals surface area contributed by atoms with Crippen molar-refractivity contribution in [3.05, 3.63) is 48.3 Å². The zero-order valence-corrected chi connectivity index (χ0v) is 9.71. The van der Waals surface area contributed by atoms with Crippen molar-refractivity contribution >= 4 is 0 Å². The van der Waals surface area contributed by atoms with Gasteiger partial charge in [-0.1, -0.05) is 0 Å². The van der Waals surface area contributed by atoms with Gasteiger partial charge >= 0.3 is 0 Å². The first-order chi connectivity index (χ1) is 8.42. The summed E-state index contributed by atoms with van der Waals surface area (Å²) in [7, 11) is 0. The Morgan fingerprint density at radius 1 is 1.24 bits per heavy atom. The highest BCUT2D eigenvalue weighted by Crippen LogP contribution is 2.19. The van der Waals surface area contributed by atoms with Crippen molar-refractivity contribution < 1.29 is 0 Å². The maximum atomic E-state index is 4.40. The van der Waals surface area contributed by atoms with Gasteiger partial charge in [-0.2, -0.15) is 0 Å². The Morgan fingerprint density at radius 2 is 2.06 bits per heavy atom. The van der Waals surface area contributed by atoms with Gasteiger partial charge in [0.05, 0.1) is 6.54 Å². The third kappa shape index (κ3) is 2.71. The standard InChI is InChI=1S/C13H16N4/c1-2-12(1)16-9-13-15-7-8-17(13)10-11-3-5-14-6-4-11/h3-8,12,16H,1-2,9-10H2. The van der Waals surface area contributed by atoms with Gasteiger partial charge in [-0.15, -0.1) is 0 Å². The lowest BCUT2D eigenvalue weighted by Gasteiger charge is -2.08. The Morgan fingerprint density at radius 3 is 2.82 bits per heavy atom. The van der Waals surface area contributed by atoms with Crippen LogP contribution in [0.5, 0.6) is 0 Å². The normalized spacial score (nSPS) is 15.1. The maximum absolute atomic E-state index is 4.40. The van der Waals surface area contributed by atoms with Crippen molar-refractivity contribution in [1.82, 2.24) is 19.9 Å². The fourth-order valence-corrected chi connectivity index (χ4v) is 1.86. The van der Waals surface area contributed by atoms with Crippen molar-refractivity contribution in [3.8, 4) is 0 Å². The first-order valence-corrected chi connectivity index (χ1v) is 6.04. The first kappa shape index (κ1) is 10.5. The first-order valence-electron chi connectivity index (χ1n) is 6.04. The van der Waals surface area contributed by atoms with Crippen LogP contribution >= 0.6 is 0 Å². The molecule has 4 nitrogen and oxygen atoms in total. The smallest absolute Gasteiger partial charge is 0.122 e. The van der Waals surface area contributed by atoms with Crippen molar-refractivity contribution in [2.45, 2.75) is 32.0 Å². The van der Waals surface area contributed by atoms with Gasteiger partial charge in [-0.25, -0.2) is 4.98 Å². The van der Waals surface area contributed by atoms with Crippen LogP contribution in [0, 0.1) is 0 Å². The van der Waals surface area contributed by atoms with Gasteiger partial charge in [0.1, 0.15) is 5.82 Å². The molecule has 0 aliphatic heterocycles. The summed E-state index contributed by atoms with van der Waals surface area (Å²) < 4.78 is 2.19. The minimum Gasteiger partial charge on any atom is -0.329 e. The minimum absolute atomic E-state index is 0.723. The van der Waals surface area contributed by atoms with Crippen LogP contribution in [0.4, 0.5) is 0 Å². The molecule has 1 aliphatic carbocycles. The molecular formula is C13H16N4. The van der Waals surface area contributed by atoms with E-state index in [1.54, 1.807) is 0 Å². The lowest BCUT2D eigenvalue weighted by atomic mass is 10.2. The van der Waals surface area contributed by atoms with E-state index in [-0.39, 0.29) is 0 Å². The predicted octanol–water partition coefficient (Wildman–Crippen LogP) is 1.58. The van der Waals surface area contributed by atoms with Crippen LogP contribution in [0.15, 0.2) is 36.9 Å². The maximum Gasteiger partial charge on any atom is 0.122 e. The van der Waals surface area contributed by atoms with Gasteiger partial charge in [0.25, 0.3) is 0 Å². The quantitative estimate of drug-likeness (QED) is 0.845. The van der Waals surface area contributed by atoms with E-state index in [0.29, 0.717) is 0 Å². The average Bonchev–Trinajstić information content (AvgIpc) is 3.09. The lowest BCUT2D eigenvalue weighted by molar-refractivity contribution is 0.618. The van der Waals surface area contributed by atoms with Crippen LogP contribution < -0.4 is 5.32 Å². The summed E-state index contributed by atoms with van der Waals surface area (Å²) in [5, 5.41) is 3.49. The molecule has 1 aliphatic rings. The largest absolute Gasteiger partial charge is 0.329 e. The van der Waals surface area contributed by atoms with Gasteiger partial charge in [0, 0.05) is 37.4 Å². The highest BCUT2D eigenvalue weighted by Gasteiger charge is 2.20. The highest BCUT2D eigenvalue weighted by molar-refractivity contribution is 5.11. The monoisotopic (exact) mass is 228 g/mol. The second-order valence-corrected chi connectivity index (χ2v) is 4.48. The Kier molecular flexibility index (Phi) is 2.88. The number of rotatable bonds is 5. The fraction of sp³-hybridized carbons (Fsp3) is 0.385. The second-order valence-electron chi connectivity index (χ2n) is 4.48. The molecule has 2 aromatic heterocycles.